The van der Waals surface area contributed by atoms with Crippen molar-refractivity contribution < 1.29 is 18.0 Å². The highest BCUT2D eigenvalue weighted by Gasteiger charge is 2.39. The summed E-state index contributed by atoms with van der Waals surface area (Å²) in [4.78, 5) is 18.2. The van der Waals surface area contributed by atoms with Gasteiger partial charge in [-0.2, -0.15) is 18.3 Å². The number of nitrogens with zero attached hydrogens (tertiary/aromatic N) is 5. The summed E-state index contributed by atoms with van der Waals surface area (Å²) in [6.45, 7) is 2.01. The van der Waals surface area contributed by atoms with Crippen LogP contribution >= 0.6 is 23.2 Å². The highest BCUT2D eigenvalue weighted by molar-refractivity contribution is 6.32. The van der Waals surface area contributed by atoms with Crippen molar-refractivity contribution in [2.75, 3.05) is 45.2 Å². The maximum atomic E-state index is 13.2. The average molecular weight is 464 g/mol. The number of amides is 1. The number of carbonyl (C=O) groups excluding carboxylic acids is 1. The largest absolute Gasteiger partial charge is 0.436 e. The molecule has 0 N–H and O–H groups in total. The molecule has 0 radical (unpaired) electrons. The molecule has 2 heterocycles. The number of rotatable bonds is 5. The van der Waals surface area contributed by atoms with Crippen LogP contribution in [0.15, 0.2) is 24.3 Å². The summed E-state index contributed by atoms with van der Waals surface area (Å²) >= 11 is 11.9. The number of hydrogen-bond donors (Lipinski definition) is 0. The second-order valence-corrected chi connectivity index (χ2v) is 8.16. The van der Waals surface area contributed by atoms with Gasteiger partial charge in [-0.25, -0.2) is 0 Å². The zero-order chi connectivity index (χ0) is 22.1. The highest BCUT2D eigenvalue weighted by Crippen LogP contribution is 2.36. The molecule has 1 aromatic carbocycles. The number of halogens is 5. The fourth-order valence-corrected chi connectivity index (χ4v) is 3.76. The van der Waals surface area contributed by atoms with Crippen LogP contribution in [0.25, 0.3) is 0 Å². The number of carbonyl (C=O) groups is 1. The minimum Gasteiger partial charge on any atom is -0.368 e. The number of alkyl halides is 3. The zero-order valence-electron chi connectivity index (χ0n) is 16.6. The third kappa shape index (κ3) is 5.19. The molecule has 30 heavy (non-hydrogen) atoms. The Labute approximate surface area is 182 Å². The van der Waals surface area contributed by atoms with Gasteiger partial charge in [-0.05, 0) is 38.4 Å². The van der Waals surface area contributed by atoms with E-state index in [1.165, 1.54) is 0 Å². The maximum absolute atomic E-state index is 13.2. The molecule has 1 fully saturated rings. The Kier molecular flexibility index (Phi) is 6.84. The van der Waals surface area contributed by atoms with Gasteiger partial charge in [0.25, 0.3) is 0 Å². The Bertz CT molecular complexity index is 891. The molecule has 1 aliphatic rings. The van der Waals surface area contributed by atoms with E-state index in [2.05, 4.69) is 10.00 Å². The summed E-state index contributed by atoms with van der Waals surface area (Å²) in [7, 11) is 3.41. The molecular weight excluding hydrogens is 442 g/mol. The maximum Gasteiger partial charge on any atom is 0.436 e. The number of anilines is 1. The summed E-state index contributed by atoms with van der Waals surface area (Å²) in [5.74, 6) is -0.293. The van der Waals surface area contributed by atoms with Crippen LogP contribution in [0.4, 0.5) is 18.9 Å². The van der Waals surface area contributed by atoms with E-state index in [0.29, 0.717) is 31.2 Å². The van der Waals surface area contributed by atoms with Crippen molar-refractivity contribution in [3.63, 3.8) is 0 Å². The second kappa shape index (κ2) is 9.03. The molecule has 0 atom stereocenters. The lowest BCUT2D eigenvalue weighted by Crippen LogP contribution is -2.49. The molecule has 164 valence electrons. The normalized spacial score (nSPS) is 15.2. The van der Waals surface area contributed by atoms with E-state index in [4.69, 9.17) is 23.2 Å². The van der Waals surface area contributed by atoms with Crippen LogP contribution in [0.2, 0.25) is 10.0 Å². The first-order valence-corrected chi connectivity index (χ1v) is 10.1. The lowest BCUT2D eigenvalue weighted by atomic mass is 10.2. The van der Waals surface area contributed by atoms with Crippen LogP contribution in [-0.2, 0) is 24.1 Å². The molecule has 2 aromatic rings. The molecule has 0 bridgehead atoms. The Morgan fingerprint density at radius 1 is 1.10 bits per heavy atom. The quantitative estimate of drug-likeness (QED) is 0.679. The SMILES string of the molecule is CN(C)Cc1c(Cl)c(C(F)(F)F)nn1CC(=O)N1CCN(c2ccc(Cl)cc2)CC1. The smallest absolute Gasteiger partial charge is 0.368 e. The van der Waals surface area contributed by atoms with Crippen molar-refractivity contribution in [2.45, 2.75) is 19.3 Å². The Morgan fingerprint density at radius 3 is 2.23 bits per heavy atom. The molecule has 3 rings (SSSR count). The van der Waals surface area contributed by atoms with Gasteiger partial charge in [0.1, 0.15) is 6.54 Å². The third-order valence-electron chi connectivity index (χ3n) is 4.84. The lowest BCUT2D eigenvalue weighted by molar-refractivity contribution is -0.142. The molecule has 0 saturated carbocycles. The highest BCUT2D eigenvalue weighted by atomic mass is 35.5. The van der Waals surface area contributed by atoms with E-state index < -0.39 is 16.9 Å². The molecule has 0 spiro atoms. The molecule has 11 heteroatoms. The van der Waals surface area contributed by atoms with E-state index in [1.54, 1.807) is 36.0 Å². The van der Waals surface area contributed by atoms with Gasteiger partial charge in [0.05, 0.1) is 10.7 Å². The van der Waals surface area contributed by atoms with Gasteiger partial charge in [0.2, 0.25) is 5.91 Å². The summed E-state index contributed by atoms with van der Waals surface area (Å²) < 4.78 is 40.7. The molecule has 1 saturated heterocycles. The van der Waals surface area contributed by atoms with E-state index in [0.717, 1.165) is 10.4 Å². The molecule has 6 nitrogen and oxygen atoms in total. The van der Waals surface area contributed by atoms with Crippen molar-refractivity contribution in [1.82, 2.24) is 19.6 Å². The van der Waals surface area contributed by atoms with E-state index in [9.17, 15) is 18.0 Å². The number of hydrogen-bond acceptors (Lipinski definition) is 4. The van der Waals surface area contributed by atoms with Gasteiger partial charge in [0.15, 0.2) is 5.69 Å². The van der Waals surface area contributed by atoms with Crippen molar-refractivity contribution in [1.29, 1.82) is 0 Å². The van der Waals surface area contributed by atoms with Gasteiger partial charge in [-0.15, -0.1) is 0 Å². The number of aromatic nitrogens is 2. The van der Waals surface area contributed by atoms with Crippen molar-refractivity contribution in [3.05, 3.63) is 45.7 Å². The summed E-state index contributed by atoms with van der Waals surface area (Å²) in [6, 6.07) is 7.44. The predicted octanol–water partition coefficient (Wildman–Crippen LogP) is 3.62. The molecule has 1 aromatic heterocycles. The van der Waals surface area contributed by atoms with Crippen molar-refractivity contribution >= 4 is 34.8 Å². The van der Waals surface area contributed by atoms with Crippen LogP contribution in [0, 0.1) is 0 Å². The third-order valence-corrected chi connectivity index (χ3v) is 5.49. The van der Waals surface area contributed by atoms with Crippen molar-refractivity contribution in [2.24, 2.45) is 0 Å². The molecule has 0 aliphatic carbocycles. The lowest BCUT2D eigenvalue weighted by Gasteiger charge is -2.36. The first-order valence-electron chi connectivity index (χ1n) is 9.31. The zero-order valence-corrected chi connectivity index (χ0v) is 18.1. The van der Waals surface area contributed by atoms with Crippen molar-refractivity contribution in [3.8, 4) is 0 Å². The number of piperazine rings is 1. The first kappa shape index (κ1) is 22.7. The predicted molar refractivity (Wildman–Crippen MR) is 110 cm³/mol. The topological polar surface area (TPSA) is 44.6 Å². The van der Waals surface area contributed by atoms with Crippen LogP contribution in [0.1, 0.15) is 11.4 Å². The van der Waals surface area contributed by atoms with Gasteiger partial charge in [-0.3, -0.25) is 9.48 Å². The van der Waals surface area contributed by atoms with Crippen LogP contribution in [-0.4, -0.2) is 65.8 Å². The summed E-state index contributed by atoms with van der Waals surface area (Å²) in [6.07, 6.45) is -4.68. The Hall–Kier alpha value is -1.97. The van der Waals surface area contributed by atoms with E-state index in [-0.39, 0.29) is 24.7 Å². The first-order chi connectivity index (χ1) is 14.1. The van der Waals surface area contributed by atoms with Gasteiger partial charge in [-0.1, -0.05) is 23.2 Å². The molecule has 0 unspecified atom stereocenters. The van der Waals surface area contributed by atoms with E-state index >= 15 is 0 Å². The van der Waals surface area contributed by atoms with Gasteiger partial charge < -0.3 is 14.7 Å². The minimum absolute atomic E-state index is 0.138. The van der Waals surface area contributed by atoms with Crippen LogP contribution in [0.5, 0.6) is 0 Å². The molecule has 1 aliphatic heterocycles. The van der Waals surface area contributed by atoms with Gasteiger partial charge >= 0.3 is 6.18 Å². The molecular formula is C19H22Cl2F3N5O. The Morgan fingerprint density at radius 2 is 1.70 bits per heavy atom. The second-order valence-electron chi connectivity index (χ2n) is 7.35. The standard InChI is InChI=1S/C19H22Cl2F3N5O/c1-26(2)11-15-17(21)18(19(22,23)24)25-29(15)12-16(30)28-9-7-27(8-10-28)14-5-3-13(20)4-6-14/h3-6H,7-12H2,1-2H3. The average Bonchev–Trinajstić information content (AvgIpc) is 2.98. The van der Waals surface area contributed by atoms with E-state index in [1.807, 2.05) is 12.1 Å². The van der Waals surface area contributed by atoms with Crippen LogP contribution in [0.3, 0.4) is 0 Å². The van der Waals surface area contributed by atoms with Gasteiger partial charge in [0, 0.05) is 43.4 Å². The fraction of sp³-hybridized carbons (Fsp3) is 0.474. The van der Waals surface area contributed by atoms with Crippen LogP contribution < -0.4 is 4.90 Å². The summed E-state index contributed by atoms with van der Waals surface area (Å²) in [5, 5.41) is 3.79. The summed E-state index contributed by atoms with van der Waals surface area (Å²) in [5.41, 5.74) is 0.0111. The Balaban J connectivity index is 1.69. The number of benzene rings is 1. The molecule has 1 amide bonds. The minimum atomic E-state index is -4.68. The monoisotopic (exact) mass is 463 g/mol. The fourth-order valence-electron chi connectivity index (χ4n) is 3.33.